The number of carbonyl (C=O) groups is 1. The second-order valence-electron chi connectivity index (χ2n) is 6.53. The molecule has 1 aliphatic carbocycles. The van der Waals surface area contributed by atoms with Crippen LogP contribution in [-0.4, -0.2) is 34.0 Å². The molecule has 0 bridgehead atoms. The van der Waals surface area contributed by atoms with Gasteiger partial charge in [-0.05, 0) is 44.4 Å². The molecule has 0 saturated heterocycles. The zero-order valence-electron chi connectivity index (χ0n) is 12.1. The fourth-order valence-electron chi connectivity index (χ4n) is 2.84. The molecular weight excluding hydrogens is 232 g/mol. The number of aliphatic hydroxyl groups is 1. The first-order valence-corrected chi connectivity index (χ1v) is 6.70. The van der Waals surface area contributed by atoms with Crippen molar-refractivity contribution < 1.29 is 19.7 Å². The molecule has 1 rings (SSSR count). The molecule has 4 heteroatoms. The summed E-state index contributed by atoms with van der Waals surface area (Å²) in [7, 11) is 0. The molecule has 0 heterocycles. The maximum atomic E-state index is 11.6. The molecule has 1 saturated carbocycles. The van der Waals surface area contributed by atoms with Crippen LogP contribution in [-0.2, 0) is 9.53 Å². The highest BCUT2D eigenvalue weighted by molar-refractivity contribution is 5.78. The minimum Gasteiger partial charge on any atom is -0.479 e. The smallest absolute Gasteiger partial charge is 0.336 e. The van der Waals surface area contributed by atoms with Crippen molar-refractivity contribution in [3.05, 3.63) is 0 Å². The van der Waals surface area contributed by atoms with E-state index in [9.17, 15) is 15.0 Å². The van der Waals surface area contributed by atoms with Crippen LogP contribution < -0.4 is 0 Å². The molecule has 1 fully saturated rings. The Hall–Kier alpha value is -0.610. The summed E-state index contributed by atoms with van der Waals surface area (Å²) in [5.74, 6) is -0.960. The summed E-state index contributed by atoms with van der Waals surface area (Å²) >= 11 is 0. The molecule has 0 amide bonds. The van der Waals surface area contributed by atoms with E-state index in [2.05, 4.69) is 13.8 Å². The Balaban J connectivity index is 2.92. The molecule has 4 nitrogen and oxygen atoms in total. The summed E-state index contributed by atoms with van der Waals surface area (Å²) in [6, 6.07) is 0. The Kier molecular flexibility index (Phi) is 4.44. The van der Waals surface area contributed by atoms with E-state index in [0.717, 1.165) is 12.8 Å². The topological polar surface area (TPSA) is 66.8 Å². The van der Waals surface area contributed by atoms with Crippen molar-refractivity contribution in [2.24, 2.45) is 11.3 Å². The highest BCUT2D eigenvalue weighted by atomic mass is 16.5. The first kappa shape index (κ1) is 15.4. The number of aliphatic carboxylic acids is 1. The number of carboxylic acid groups (broad SMARTS) is 1. The average Bonchev–Trinajstić information content (AvgIpc) is 2.20. The van der Waals surface area contributed by atoms with Gasteiger partial charge in [0.05, 0.1) is 12.2 Å². The van der Waals surface area contributed by atoms with Crippen LogP contribution in [0.25, 0.3) is 0 Å². The fraction of sp³-hybridized carbons (Fsp3) is 0.929. The van der Waals surface area contributed by atoms with Gasteiger partial charge in [0.2, 0.25) is 0 Å². The highest BCUT2D eigenvalue weighted by Crippen LogP contribution is 2.46. The largest absolute Gasteiger partial charge is 0.479 e. The third-order valence-corrected chi connectivity index (χ3v) is 4.27. The Morgan fingerprint density at radius 3 is 2.28 bits per heavy atom. The van der Waals surface area contributed by atoms with Crippen LogP contribution in [0.4, 0.5) is 0 Å². The van der Waals surface area contributed by atoms with Gasteiger partial charge in [-0.1, -0.05) is 20.8 Å². The molecular formula is C14H26O4. The van der Waals surface area contributed by atoms with E-state index in [1.165, 1.54) is 0 Å². The molecule has 2 N–H and O–H groups in total. The molecule has 0 aromatic carbocycles. The molecule has 18 heavy (non-hydrogen) atoms. The van der Waals surface area contributed by atoms with Gasteiger partial charge in [-0.2, -0.15) is 0 Å². The predicted octanol–water partition coefficient (Wildman–Crippen LogP) is 2.44. The third kappa shape index (κ3) is 3.04. The summed E-state index contributed by atoms with van der Waals surface area (Å²) in [4.78, 5) is 11.6. The summed E-state index contributed by atoms with van der Waals surface area (Å²) in [6.07, 6.45) is 1.03. The lowest BCUT2D eigenvalue weighted by Crippen LogP contribution is -2.54. The van der Waals surface area contributed by atoms with Crippen LogP contribution in [0.15, 0.2) is 0 Å². The summed E-state index contributed by atoms with van der Waals surface area (Å²) < 4.78 is 5.76. The van der Waals surface area contributed by atoms with Crippen molar-refractivity contribution in [3.8, 4) is 0 Å². The SMILES string of the molecule is CC(O)C(C)OC1(C(=O)O)CCC(C)(C)CC1C. The molecule has 0 aliphatic heterocycles. The molecule has 0 radical (unpaired) electrons. The van der Waals surface area contributed by atoms with Crippen molar-refractivity contribution >= 4 is 5.97 Å². The van der Waals surface area contributed by atoms with E-state index in [0.29, 0.717) is 6.42 Å². The Morgan fingerprint density at radius 1 is 1.33 bits per heavy atom. The van der Waals surface area contributed by atoms with Gasteiger partial charge in [-0.3, -0.25) is 0 Å². The van der Waals surface area contributed by atoms with Gasteiger partial charge in [0.25, 0.3) is 0 Å². The minimum atomic E-state index is -1.15. The molecule has 0 spiro atoms. The standard InChI is InChI=1S/C14H26O4/c1-9-8-13(4,5)6-7-14(9,12(16)17)18-11(3)10(2)15/h9-11,15H,6-8H2,1-5H3,(H,16,17). The number of rotatable bonds is 4. The van der Waals surface area contributed by atoms with Crippen molar-refractivity contribution in [3.63, 3.8) is 0 Å². The van der Waals surface area contributed by atoms with Crippen molar-refractivity contribution in [1.29, 1.82) is 0 Å². The quantitative estimate of drug-likeness (QED) is 0.812. The Labute approximate surface area is 109 Å². The zero-order valence-corrected chi connectivity index (χ0v) is 12.1. The van der Waals surface area contributed by atoms with Crippen molar-refractivity contribution in [2.75, 3.05) is 0 Å². The zero-order chi connectivity index (χ0) is 14.1. The lowest BCUT2D eigenvalue weighted by atomic mass is 9.65. The van der Waals surface area contributed by atoms with Crippen LogP contribution in [0.5, 0.6) is 0 Å². The van der Waals surface area contributed by atoms with E-state index in [4.69, 9.17) is 4.74 Å². The van der Waals surface area contributed by atoms with Gasteiger partial charge in [-0.15, -0.1) is 0 Å². The van der Waals surface area contributed by atoms with Gasteiger partial charge >= 0.3 is 5.97 Å². The first-order valence-electron chi connectivity index (χ1n) is 6.70. The van der Waals surface area contributed by atoms with Crippen LogP contribution in [0.1, 0.15) is 53.9 Å². The first-order chi connectivity index (χ1) is 8.11. The van der Waals surface area contributed by atoms with E-state index < -0.39 is 23.8 Å². The number of hydrogen-bond acceptors (Lipinski definition) is 3. The van der Waals surface area contributed by atoms with Crippen LogP contribution in [0.3, 0.4) is 0 Å². The molecule has 106 valence electrons. The van der Waals surface area contributed by atoms with Gasteiger partial charge in [0.15, 0.2) is 5.60 Å². The average molecular weight is 258 g/mol. The van der Waals surface area contributed by atoms with E-state index in [-0.39, 0.29) is 11.3 Å². The monoisotopic (exact) mass is 258 g/mol. The van der Waals surface area contributed by atoms with Gasteiger partial charge in [-0.25, -0.2) is 4.79 Å². The van der Waals surface area contributed by atoms with E-state index >= 15 is 0 Å². The normalized spacial score (nSPS) is 34.9. The minimum absolute atomic E-state index is 0.0556. The Bertz CT molecular complexity index is 311. The maximum absolute atomic E-state index is 11.6. The summed E-state index contributed by atoms with van der Waals surface area (Å²) in [6.45, 7) is 9.60. The summed E-state index contributed by atoms with van der Waals surface area (Å²) in [5, 5.41) is 19.1. The van der Waals surface area contributed by atoms with Crippen molar-refractivity contribution in [1.82, 2.24) is 0 Å². The van der Waals surface area contributed by atoms with Crippen LogP contribution in [0, 0.1) is 11.3 Å². The molecule has 4 atom stereocenters. The van der Waals surface area contributed by atoms with Crippen LogP contribution in [0.2, 0.25) is 0 Å². The second kappa shape index (κ2) is 5.17. The number of ether oxygens (including phenoxy) is 1. The lowest BCUT2D eigenvalue weighted by Gasteiger charge is -2.46. The summed E-state index contributed by atoms with van der Waals surface area (Å²) in [5.41, 5.74) is -0.984. The van der Waals surface area contributed by atoms with Gasteiger partial charge in [0.1, 0.15) is 0 Å². The van der Waals surface area contributed by atoms with E-state index in [1.54, 1.807) is 13.8 Å². The molecule has 0 aromatic heterocycles. The molecule has 1 aliphatic rings. The van der Waals surface area contributed by atoms with Gasteiger partial charge in [0, 0.05) is 0 Å². The van der Waals surface area contributed by atoms with Crippen LogP contribution >= 0.6 is 0 Å². The predicted molar refractivity (Wildman–Crippen MR) is 69.4 cm³/mol. The Morgan fingerprint density at radius 2 is 1.89 bits per heavy atom. The van der Waals surface area contributed by atoms with Gasteiger partial charge < -0.3 is 14.9 Å². The van der Waals surface area contributed by atoms with Crippen molar-refractivity contribution in [2.45, 2.75) is 71.7 Å². The second-order valence-corrected chi connectivity index (χ2v) is 6.53. The number of carboxylic acids is 1. The van der Waals surface area contributed by atoms with E-state index in [1.807, 2.05) is 6.92 Å². The number of aliphatic hydroxyl groups excluding tert-OH is 1. The molecule has 0 aromatic rings. The highest BCUT2D eigenvalue weighted by Gasteiger charge is 2.51. The maximum Gasteiger partial charge on any atom is 0.336 e. The fourth-order valence-corrected chi connectivity index (χ4v) is 2.84. The third-order valence-electron chi connectivity index (χ3n) is 4.27. The molecule has 4 unspecified atom stereocenters. The number of hydrogen-bond donors (Lipinski definition) is 2. The lowest BCUT2D eigenvalue weighted by molar-refractivity contribution is -0.202.